The first-order valence-corrected chi connectivity index (χ1v) is 7.43. The highest BCUT2D eigenvalue weighted by atomic mass is 16.5. The number of nitrogens with one attached hydrogen (secondary N) is 1. The lowest BCUT2D eigenvalue weighted by Crippen LogP contribution is -2.35. The summed E-state index contributed by atoms with van der Waals surface area (Å²) in [4.78, 5) is 6.83. The first-order chi connectivity index (χ1) is 9.85. The molecular weight excluding hydrogens is 262 g/mol. The molecule has 1 heterocycles. The monoisotopic (exact) mass is 291 g/mol. The van der Waals surface area contributed by atoms with E-state index in [0.717, 1.165) is 31.1 Å². The van der Waals surface area contributed by atoms with Gasteiger partial charge in [-0.25, -0.2) is 4.98 Å². The van der Waals surface area contributed by atoms with Crippen LogP contribution in [-0.2, 0) is 11.3 Å². The average Bonchev–Trinajstić information content (AvgIpc) is 2.40. The van der Waals surface area contributed by atoms with Crippen molar-refractivity contribution in [2.24, 2.45) is 0 Å². The zero-order chi connectivity index (χ0) is 15.9. The normalized spacial score (nSPS) is 11.5. The zero-order valence-corrected chi connectivity index (χ0v) is 14.1. The molecule has 4 nitrogen and oxygen atoms in total. The molecule has 0 amide bonds. The van der Waals surface area contributed by atoms with Gasteiger partial charge in [0.15, 0.2) is 0 Å². The Morgan fingerprint density at radius 2 is 2.10 bits per heavy atom. The molecule has 1 aromatic heterocycles. The number of aryl methyl sites for hydroxylation is 1. The average molecular weight is 291 g/mol. The fourth-order valence-electron chi connectivity index (χ4n) is 2.01. The van der Waals surface area contributed by atoms with Gasteiger partial charge in [-0.05, 0) is 45.4 Å². The molecule has 0 aliphatic carbocycles. The highest BCUT2D eigenvalue weighted by Crippen LogP contribution is 2.16. The van der Waals surface area contributed by atoms with Crippen LogP contribution >= 0.6 is 0 Å². The molecule has 1 rings (SSSR count). The number of nitrogens with zero attached hydrogens (tertiary/aromatic N) is 2. The first kappa shape index (κ1) is 17.7. The van der Waals surface area contributed by atoms with Crippen LogP contribution in [0.3, 0.4) is 0 Å². The van der Waals surface area contributed by atoms with Crippen LogP contribution < -0.4 is 10.2 Å². The summed E-state index contributed by atoms with van der Waals surface area (Å²) in [6, 6.07) is 4.27. The molecule has 0 bridgehead atoms. The zero-order valence-electron chi connectivity index (χ0n) is 14.1. The summed E-state index contributed by atoms with van der Waals surface area (Å²) in [7, 11) is 1.72. The molecule has 0 aliphatic rings. The molecule has 0 spiro atoms. The topological polar surface area (TPSA) is 37.4 Å². The van der Waals surface area contributed by atoms with Crippen LogP contribution in [0, 0.1) is 6.92 Å². The van der Waals surface area contributed by atoms with Crippen molar-refractivity contribution >= 4 is 5.82 Å². The second-order valence-corrected chi connectivity index (χ2v) is 6.31. The van der Waals surface area contributed by atoms with Gasteiger partial charge in [0, 0.05) is 38.0 Å². The van der Waals surface area contributed by atoms with E-state index in [4.69, 9.17) is 4.74 Å². The van der Waals surface area contributed by atoms with E-state index in [1.807, 2.05) is 13.0 Å². The van der Waals surface area contributed by atoms with Gasteiger partial charge in [-0.3, -0.25) is 0 Å². The van der Waals surface area contributed by atoms with Crippen molar-refractivity contribution in [3.63, 3.8) is 0 Å². The van der Waals surface area contributed by atoms with Gasteiger partial charge in [0.1, 0.15) is 5.82 Å². The first-order valence-electron chi connectivity index (χ1n) is 7.43. The van der Waals surface area contributed by atoms with Gasteiger partial charge in [0.05, 0.1) is 6.61 Å². The molecule has 0 aliphatic heterocycles. The maximum absolute atomic E-state index is 5.18. The lowest BCUT2D eigenvalue weighted by atomic mass is 10.1. The predicted molar refractivity (Wildman–Crippen MR) is 89.9 cm³/mol. The lowest BCUT2D eigenvalue weighted by molar-refractivity contribution is 0.205. The summed E-state index contributed by atoms with van der Waals surface area (Å²) in [6.07, 6.45) is 1.90. The summed E-state index contributed by atoms with van der Waals surface area (Å²) in [6.45, 7) is 15.5. The van der Waals surface area contributed by atoms with Crippen LogP contribution in [0.25, 0.3) is 0 Å². The summed E-state index contributed by atoms with van der Waals surface area (Å²) < 4.78 is 5.18. The molecule has 0 radical (unpaired) electrons. The van der Waals surface area contributed by atoms with E-state index in [2.05, 4.69) is 54.7 Å². The third-order valence-electron chi connectivity index (χ3n) is 3.06. The summed E-state index contributed by atoms with van der Waals surface area (Å²) >= 11 is 0. The van der Waals surface area contributed by atoms with Gasteiger partial charge in [0.25, 0.3) is 0 Å². The molecule has 1 aromatic rings. The molecule has 0 saturated heterocycles. The number of ether oxygens (including phenoxy) is 1. The van der Waals surface area contributed by atoms with Gasteiger partial charge in [0.2, 0.25) is 0 Å². The molecule has 0 atom stereocenters. The number of hydrogen-bond acceptors (Lipinski definition) is 4. The number of methoxy groups -OCH3 is 1. The van der Waals surface area contributed by atoms with E-state index in [-0.39, 0.29) is 5.54 Å². The van der Waals surface area contributed by atoms with Crippen LogP contribution in [-0.4, -0.2) is 37.3 Å². The molecule has 0 saturated carbocycles. The Morgan fingerprint density at radius 3 is 2.67 bits per heavy atom. The summed E-state index contributed by atoms with van der Waals surface area (Å²) in [5.41, 5.74) is 2.39. The number of pyridine rings is 1. The third-order valence-corrected chi connectivity index (χ3v) is 3.06. The fourth-order valence-corrected chi connectivity index (χ4v) is 2.01. The Bertz CT molecular complexity index is 452. The smallest absolute Gasteiger partial charge is 0.129 e. The van der Waals surface area contributed by atoms with Crippen LogP contribution in [0.5, 0.6) is 0 Å². The Labute approximate surface area is 129 Å². The van der Waals surface area contributed by atoms with E-state index in [0.29, 0.717) is 6.61 Å². The number of hydrogen-bond donors (Lipinski definition) is 1. The van der Waals surface area contributed by atoms with Crippen molar-refractivity contribution in [2.75, 3.05) is 31.7 Å². The quantitative estimate of drug-likeness (QED) is 0.747. The molecule has 0 aromatic carbocycles. The summed E-state index contributed by atoms with van der Waals surface area (Å²) in [5, 5.41) is 3.52. The number of aromatic nitrogens is 1. The fraction of sp³-hybridized carbons (Fsp3) is 0.588. The Balaban J connectivity index is 2.89. The number of anilines is 1. The van der Waals surface area contributed by atoms with Crippen molar-refractivity contribution < 1.29 is 4.74 Å². The van der Waals surface area contributed by atoms with E-state index in [1.165, 1.54) is 5.56 Å². The Kier molecular flexibility index (Phi) is 6.85. The number of rotatable bonds is 8. The van der Waals surface area contributed by atoms with E-state index in [9.17, 15) is 0 Å². The third kappa shape index (κ3) is 6.74. The van der Waals surface area contributed by atoms with E-state index < -0.39 is 0 Å². The van der Waals surface area contributed by atoms with Crippen molar-refractivity contribution in [1.82, 2.24) is 10.3 Å². The van der Waals surface area contributed by atoms with Crippen LogP contribution in [0.2, 0.25) is 0 Å². The lowest BCUT2D eigenvalue weighted by Gasteiger charge is -2.24. The minimum Gasteiger partial charge on any atom is -0.383 e. The minimum absolute atomic E-state index is 0.105. The van der Waals surface area contributed by atoms with Crippen molar-refractivity contribution in [1.29, 1.82) is 0 Å². The molecule has 21 heavy (non-hydrogen) atoms. The van der Waals surface area contributed by atoms with Crippen molar-refractivity contribution in [3.05, 3.63) is 36.0 Å². The van der Waals surface area contributed by atoms with Gasteiger partial charge in [-0.1, -0.05) is 6.08 Å². The predicted octanol–water partition coefficient (Wildman–Crippen LogP) is 2.92. The molecular formula is C17H29N3O. The van der Waals surface area contributed by atoms with E-state index >= 15 is 0 Å². The van der Waals surface area contributed by atoms with Crippen LogP contribution in [0.15, 0.2) is 24.8 Å². The standard InChI is InChI=1S/C17H29N3O/c1-7-8-20(9-10-21-6)16-12-15(11-14(2)19-16)13-18-17(3,4)5/h7,11-12,18H,1,8-10,13H2,2-6H3. The largest absolute Gasteiger partial charge is 0.383 e. The van der Waals surface area contributed by atoms with Crippen LogP contribution in [0.1, 0.15) is 32.0 Å². The molecule has 0 unspecified atom stereocenters. The van der Waals surface area contributed by atoms with Gasteiger partial charge in [-0.2, -0.15) is 0 Å². The second-order valence-electron chi connectivity index (χ2n) is 6.31. The molecule has 1 N–H and O–H groups in total. The minimum atomic E-state index is 0.105. The van der Waals surface area contributed by atoms with E-state index in [1.54, 1.807) is 7.11 Å². The van der Waals surface area contributed by atoms with Gasteiger partial charge < -0.3 is 15.0 Å². The maximum atomic E-state index is 5.18. The highest BCUT2D eigenvalue weighted by molar-refractivity contribution is 5.43. The summed E-state index contributed by atoms with van der Waals surface area (Å²) in [5.74, 6) is 0.984. The molecule has 4 heteroatoms. The Morgan fingerprint density at radius 1 is 1.38 bits per heavy atom. The van der Waals surface area contributed by atoms with Crippen LogP contribution in [0.4, 0.5) is 5.82 Å². The highest BCUT2D eigenvalue weighted by Gasteiger charge is 2.11. The van der Waals surface area contributed by atoms with Crippen molar-refractivity contribution in [2.45, 2.75) is 39.8 Å². The van der Waals surface area contributed by atoms with Gasteiger partial charge in [-0.15, -0.1) is 6.58 Å². The van der Waals surface area contributed by atoms with Crippen molar-refractivity contribution in [3.8, 4) is 0 Å². The van der Waals surface area contributed by atoms with Gasteiger partial charge >= 0.3 is 0 Å². The second kappa shape index (κ2) is 8.15. The molecule has 0 fully saturated rings. The maximum Gasteiger partial charge on any atom is 0.129 e. The Hall–Kier alpha value is -1.39. The SMILES string of the molecule is C=CCN(CCOC)c1cc(CNC(C)(C)C)cc(C)n1. The molecule has 118 valence electrons.